The minimum absolute atomic E-state index is 0.753. The van der Waals surface area contributed by atoms with Gasteiger partial charge < -0.3 is 10.6 Å². The molecule has 3 heteroatoms. The molecular formula is C12H20N2S. The molecule has 84 valence electrons. The summed E-state index contributed by atoms with van der Waals surface area (Å²) in [5.41, 5.74) is 0. The Morgan fingerprint density at radius 1 is 1.33 bits per heavy atom. The van der Waals surface area contributed by atoms with Crippen LogP contribution in [0.25, 0.3) is 0 Å². The van der Waals surface area contributed by atoms with Crippen molar-refractivity contribution >= 4 is 17.3 Å². The van der Waals surface area contributed by atoms with Gasteiger partial charge in [-0.05, 0) is 49.2 Å². The molecule has 0 aromatic heterocycles. The molecule has 0 spiro atoms. The van der Waals surface area contributed by atoms with Gasteiger partial charge in [-0.3, -0.25) is 0 Å². The molecule has 2 saturated carbocycles. The molecule has 0 saturated heterocycles. The molecule has 0 heterocycles. The lowest BCUT2D eigenvalue weighted by Gasteiger charge is -2.22. The van der Waals surface area contributed by atoms with Gasteiger partial charge in [0, 0.05) is 13.1 Å². The minimum Gasteiger partial charge on any atom is -0.362 e. The Morgan fingerprint density at radius 2 is 2.20 bits per heavy atom. The summed E-state index contributed by atoms with van der Waals surface area (Å²) in [6.07, 6.45) is 7.64. The molecule has 2 nitrogen and oxygen atoms in total. The normalized spacial score (nSPS) is 32.7. The minimum atomic E-state index is 0.753. The highest BCUT2D eigenvalue weighted by molar-refractivity contribution is 7.80. The number of thiocarbonyl (C=S) groups is 1. The highest BCUT2D eigenvalue weighted by Crippen LogP contribution is 2.47. The highest BCUT2D eigenvalue weighted by Gasteiger charge is 2.39. The van der Waals surface area contributed by atoms with E-state index in [4.69, 9.17) is 12.2 Å². The summed E-state index contributed by atoms with van der Waals surface area (Å²) in [4.78, 5) is 0. The van der Waals surface area contributed by atoms with Crippen LogP contribution in [0.4, 0.5) is 0 Å². The number of hydrogen-bond donors (Lipinski definition) is 2. The molecule has 0 unspecified atom stereocenters. The van der Waals surface area contributed by atoms with Crippen LogP contribution >= 0.6 is 12.2 Å². The second kappa shape index (κ2) is 4.97. The van der Waals surface area contributed by atoms with E-state index in [9.17, 15) is 0 Å². The van der Waals surface area contributed by atoms with Crippen molar-refractivity contribution in [1.29, 1.82) is 0 Å². The zero-order chi connectivity index (χ0) is 10.7. The first-order valence-corrected chi connectivity index (χ1v) is 6.33. The molecular weight excluding hydrogens is 204 g/mol. The van der Waals surface area contributed by atoms with Crippen LogP contribution in [0.1, 0.15) is 25.7 Å². The van der Waals surface area contributed by atoms with Crippen molar-refractivity contribution in [2.24, 2.45) is 17.8 Å². The number of hydrogen-bond acceptors (Lipinski definition) is 1. The Labute approximate surface area is 97.5 Å². The monoisotopic (exact) mass is 224 g/mol. The van der Waals surface area contributed by atoms with Crippen LogP contribution in [0.2, 0.25) is 0 Å². The Balaban J connectivity index is 1.65. The van der Waals surface area contributed by atoms with E-state index in [0.29, 0.717) is 0 Å². The second-order valence-electron chi connectivity index (χ2n) is 4.81. The maximum atomic E-state index is 5.17. The fourth-order valence-electron chi connectivity index (χ4n) is 3.08. The summed E-state index contributed by atoms with van der Waals surface area (Å²) in [5.74, 6) is 2.87. The van der Waals surface area contributed by atoms with Crippen LogP contribution in [-0.4, -0.2) is 18.2 Å². The zero-order valence-electron chi connectivity index (χ0n) is 9.17. The van der Waals surface area contributed by atoms with Gasteiger partial charge in [-0.15, -0.1) is 6.58 Å². The predicted octanol–water partition coefficient (Wildman–Crippen LogP) is 2.07. The highest BCUT2D eigenvalue weighted by atomic mass is 32.1. The fraction of sp³-hybridized carbons (Fsp3) is 0.750. The quantitative estimate of drug-likeness (QED) is 0.565. The number of rotatable bonds is 4. The molecule has 2 aliphatic carbocycles. The van der Waals surface area contributed by atoms with Crippen LogP contribution in [0.15, 0.2) is 12.7 Å². The largest absolute Gasteiger partial charge is 0.362 e. The second-order valence-corrected chi connectivity index (χ2v) is 5.22. The molecule has 0 aromatic rings. The third-order valence-corrected chi connectivity index (χ3v) is 4.10. The first-order chi connectivity index (χ1) is 7.29. The molecule has 0 amide bonds. The van der Waals surface area contributed by atoms with Gasteiger partial charge in [0.1, 0.15) is 0 Å². The van der Waals surface area contributed by atoms with Crippen LogP contribution in [-0.2, 0) is 0 Å². The lowest BCUT2D eigenvalue weighted by molar-refractivity contribution is 0.332. The van der Waals surface area contributed by atoms with E-state index in [1.165, 1.54) is 25.7 Å². The van der Waals surface area contributed by atoms with Crippen molar-refractivity contribution < 1.29 is 0 Å². The van der Waals surface area contributed by atoms with Gasteiger partial charge in [-0.1, -0.05) is 12.5 Å². The van der Waals surface area contributed by atoms with Gasteiger partial charge in [0.05, 0.1) is 0 Å². The van der Waals surface area contributed by atoms with Gasteiger partial charge in [0.25, 0.3) is 0 Å². The first kappa shape index (κ1) is 10.9. The van der Waals surface area contributed by atoms with Crippen LogP contribution < -0.4 is 10.6 Å². The lowest BCUT2D eigenvalue weighted by Crippen LogP contribution is -2.39. The number of nitrogens with one attached hydrogen (secondary N) is 2. The lowest BCUT2D eigenvalue weighted by atomic mass is 9.89. The maximum Gasteiger partial charge on any atom is 0.166 e. The average Bonchev–Trinajstić information content (AvgIpc) is 2.84. The third-order valence-electron chi connectivity index (χ3n) is 3.82. The van der Waals surface area contributed by atoms with E-state index in [1.54, 1.807) is 0 Å². The van der Waals surface area contributed by atoms with Crippen molar-refractivity contribution in [1.82, 2.24) is 10.6 Å². The van der Waals surface area contributed by atoms with Crippen molar-refractivity contribution in [3.8, 4) is 0 Å². The van der Waals surface area contributed by atoms with Crippen molar-refractivity contribution in [3.05, 3.63) is 12.7 Å². The summed E-state index contributed by atoms with van der Waals surface area (Å²) in [7, 11) is 0. The third kappa shape index (κ3) is 2.71. The van der Waals surface area contributed by atoms with Crippen LogP contribution in [0, 0.1) is 17.8 Å². The molecule has 0 radical (unpaired) electrons. The number of fused-ring (bicyclic) bond motifs is 2. The molecule has 2 rings (SSSR count). The van der Waals surface area contributed by atoms with Crippen LogP contribution in [0.5, 0.6) is 0 Å². The SMILES string of the molecule is C=CCNC(=S)NC[C@H]1C[C@H]2CC[C@@H]1C2. The molecule has 2 N–H and O–H groups in total. The predicted molar refractivity (Wildman–Crippen MR) is 67.7 cm³/mol. The molecule has 0 aromatic carbocycles. The summed E-state index contributed by atoms with van der Waals surface area (Å²) in [6, 6.07) is 0. The van der Waals surface area contributed by atoms with Crippen molar-refractivity contribution in [2.75, 3.05) is 13.1 Å². The Kier molecular flexibility index (Phi) is 3.62. The standard InChI is InChI=1S/C12H20N2S/c1-2-5-13-12(15)14-8-11-7-9-3-4-10(11)6-9/h2,9-11H,1,3-8H2,(H2,13,14,15)/t9-,10+,11+/m0/s1. The van der Waals surface area contributed by atoms with E-state index >= 15 is 0 Å². The van der Waals surface area contributed by atoms with E-state index < -0.39 is 0 Å². The molecule has 15 heavy (non-hydrogen) atoms. The van der Waals surface area contributed by atoms with Crippen molar-refractivity contribution in [2.45, 2.75) is 25.7 Å². The van der Waals surface area contributed by atoms with E-state index in [2.05, 4.69) is 17.2 Å². The molecule has 0 aliphatic heterocycles. The Bertz CT molecular complexity index is 252. The van der Waals surface area contributed by atoms with Gasteiger partial charge in [0.2, 0.25) is 0 Å². The van der Waals surface area contributed by atoms with E-state index in [1.807, 2.05) is 6.08 Å². The summed E-state index contributed by atoms with van der Waals surface area (Å²) in [5, 5.41) is 7.20. The maximum absolute atomic E-state index is 5.17. The van der Waals surface area contributed by atoms with Gasteiger partial charge >= 0.3 is 0 Å². The molecule has 2 fully saturated rings. The van der Waals surface area contributed by atoms with Gasteiger partial charge in [-0.2, -0.15) is 0 Å². The summed E-state index contributed by atoms with van der Waals surface area (Å²) in [6.45, 7) is 5.46. The molecule has 2 aliphatic rings. The Hall–Kier alpha value is -0.570. The topological polar surface area (TPSA) is 24.1 Å². The van der Waals surface area contributed by atoms with E-state index in [-0.39, 0.29) is 0 Å². The summed E-state index contributed by atoms with van der Waals surface area (Å²) < 4.78 is 0. The summed E-state index contributed by atoms with van der Waals surface area (Å²) >= 11 is 5.17. The van der Waals surface area contributed by atoms with Gasteiger partial charge in [0.15, 0.2) is 5.11 Å². The smallest absolute Gasteiger partial charge is 0.166 e. The fourth-order valence-corrected chi connectivity index (χ4v) is 3.24. The van der Waals surface area contributed by atoms with Crippen LogP contribution in [0.3, 0.4) is 0 Å². The molecule has 2 bridgehead atoms. The average molecular weight is 224 g/mol. The van der Waals surface area contributed by atoms with E-state index in [0.717, 1.165) is 36.0 Å². The molecule has 3 atom stereocenters. The van der Waals surface area contributed by atoms with Crippen molar-refractivity contribution in [3.63, 3.8) is 0 Å². The zero-order valence-corrected chi connectivity index (χ0v) is 9.98. The Morgan fingerprint density at radius 3 is 2.80 bits per heavy atom. The first-order valence-electron chi connectivity index (χ1n) is 5.92. The van der Waals surface area contributed by atoms with Gasteiger partial charge in [-0.25, -0.2) is 0 Å².